The quantitative estimate of drug-likeness (QED) is 0.305. The van der Waals surface area contributed by atoms with Crippen molar-refractivity contribution in [2.45, 2.75) is 32.6 Å². The van der Waals surface area contributed by atoms with Gasteiger partial charge in [0.25, 0.3) is 5.91 Å². The van der Waals surface area contributed by atoms with Crippen LogP contribution in [0.15, 0.2) is 40.9 Å². The maximum atomic E-state index is 12.7. The highest BCUT2D eigenvalue weighted by Gasteiger charge is 2.16. The van der Waals surface area contributed by atoms with E-state index in [4.69, 9.17) is 40.2 Å². The first kappa shape index (κ1) is 22.9. The molecule has 150 valence electrons. The summed E-state index contributed by atoms with van der Waals surface area (Å²) < 4.78 is 6.58. The summed E-state index contributed by atoms with van der Waals surface area (Å²) >= 11 is 20.9. The van der Waals surface area contributed by atoms with Crippen molar-refractivity contribution in [1.29, 1.82) is 0 Å². The predicted octanol–water partition coefficient (Wildman–Crippen LogP) is 6.84. The van der Waals surface area contributed by atoms with E-state index in [2.05, 4.69) is 33.5 Å². The molecule has 0 aliphatic carbocycles. The number of benzene rings is 2. The minimum Gasteiger partial charge on any atom is -0.493 e. The fourth-order valence-electron chi connectivity index (χ4n) is 2.45. The minimum absolute atomic E-state index is 0.0915. The fraction of sp³-hybridized carbons (Fsp3) is 0.300. The molecule has 0 heterocycles. The zero-order valence-electron chi connectivity index (χ0n) is 15.4. The normalized spacial score (nSPS) is 10.4. The lowest BCUT2D eigenvalue weighted by atomic mass is 10.2. The van der Waals surface area contributed by atoms with Crippen LogP contribution in [-0.2, 0) is 0 Å². The van der Waals surface area contributed by atoms with E-state index in [-0.39, 0.29) is 11.0 Å². The van der Waals surface area contributed by atoms with Gasteiger partial charge in [-0.25, -0.2) is 0 Å². The molecule has 4 nitrogen and oxygen atoms in total. The first-order valence-electron chi connectivity index (χ1n) is 8.91. The Morgan fingerprint density at radius 1 is 1.14 bits per heavy atom. The number of hydrogen-bond donors (Lipinski definition) is 2. The molecule has 0 aromatic heterocycles. The molecule has 0 fully saturated rings. The summed E-state index contributed by atoms with van der Waals surface area (Å²) in [5.41, 5.74) is 0.831. The lowest BCUT2D eigenvalue weighted by Gasteiger charge is -2.14. The molecule has 0 spiro atoms. The number of unbranched alkanes of at least 4 members (excludes halogenated alkanes) is 3. The third-order valence-corrected chi connectivity index (χ3v) is 5.20. The summed E-state index contributed by atoms with van der Waals surface area (Å²) in [6.45, 7) is 2.71. The van der Waals surface area contributed by atoms with Crippen LogP contribution in [0.5, 0.6) is 5.75 Å². The van der Waals surface area contributed by atoms with Gasteiger partial charge in [-0.1, -0.05) is 71.4 Å². The molecular weight excluding hydrogens is 483 g/mol. The van der Waals surface area contributed by atoms with E-state index in [1.807, 2.05) is 6.07 Å². The van der Waals surface area contributed by atoms with E-state index in [0.717, 1.165) is 23.7 Å². The van der Waals surface area contributed by atoms with Crippen LogP contribution in [0.4, 0.5) is 5.69 Å². The van der Waals surface area contributed by atoms with Gasteiger partial charge in [-0.2, -0.15) is 0 Å². The summed E-state index contributed by atoms with van der Waals surface area (Å²) in [7, 11) is 0. The first-order valence-corrected chi connectivity index (χ1v) is 10.9. The van der Waals surface area contributed by atoms with Crippen molar-refractivity contribution >= 4 is 68.1 Å². The number of carbonyl (C=O) groups excluding carboxylic acids is 1. The number of thiocarbonyl (C=S) groups is 1. The van der Waals surface area contributed by atoms with Crippen molar-refractivity contribution < 1.29 is 9.53 Å². The Bertz CT molecular complexity index is 829. The Balaban J connectivity index is 2.04. The number of halogens is 3. The molecule has 1 amide bonds. The van der Waals surface area contributed by atoms with Crippen molar-refractivity contribution in [3.8, 4) is 5.75 Å². The van der Waals surface area contributed by atoms with Crippen molar-refractivity contribution in [1.82, 2.24) is 5.32 Å². The molecular formula is C20H21BrCl2N2O2S. The van der Waals surface area contributed by atoms with Gasteiger partial charge < -0.3 is 10.1 Å². The van der Waals surface area contributed by atoms with Crippen LogP contribution in [0.1, 0.15) is 43.0 Å². The maximum absolute atomic E-state index is 12.7. The monoisotopic (exact) mass is 502 g/mol. The summed E-state index contributed by atoms with van der Waals surface area (Å²) in [6.07, 6.45) is 4.37. The van der Waals surface area contributed by atoms with Crippen LogP contribution in [0.3, 0.4) is 0 Å². The molecule has 2 aromatic rings. The van der Waals surface area contributed by atoms with Crippen molar-refractivity contribution in [2.75, 3.05) is 11.9 Å². The molecule has 0 atom stereocenters. The molecule has 28 heavy (non-hydrogen) atoms. The van der Waals surface area contributed by atoms with Gasteiger partial charge in [0.2, 0.25) is 0 Å². The number of hydrogen-bond acceptors (Lipinski definition) is 3. The highest BCUT2D eigenvalue weighted by atomic mass is 79.9. The molecule has 0 aliphatic heterocycles. The highest BCUT2D eigenvalue weighted by Crippen LogP contribution is 2.30. The second-order valence-electron chi connectivity index (χ2n) is 6.05. The predicted molar refractivity (Wildman–Crippen MR) is 124 cm³/mol. The summed E-state index contributed by atoms with van der Waals surface area (Å²) in [5.74, 6) is 0.126. The van der Waals surface area contributed by atoms with Crippen LogP contribution in [0.25, 0.3) is 0 Å². The third kappa shape index (κ3) is 6.92. The molecule has 0 aliphatic rings. The minimum atomic E-state index is -0.384. The van der Waals surface area contributed by atoms with E-state index in [9.17, 15) is 4.79 Å². The number of rotatable bonds is 8. The van der Waals surface area contributed by atoms with Gasteiger partial charge in [0, 0.05) is 4.47 Å². The highest BCUT2D eigenvalue weighted by molar-refractivity contribution is 9.10. The van der Waals surface area contributed by atoms with Crippen molar-refractivity contribution in [2.24, 2.45) is 0 Å². The number of anilines is 1. The molecule has 2 aromatic carbocycles. The smallest absolute Gasteiger partial charge is 0.261 e. The molecule has 0 bridgehead atoms. The molecule has 2 rings (SSSR count). The number of nitrogens with one attached hydrogen (secondary N) is 2. The van der Waals surface area contributed by atoms with Crippen LogP contribution in [0, 0.1) is 0 Å². The maximum Gasteiger partial charge on any atom is 0.261 e. The van der Waals surface area contributed by atoms with Crippen LogP contribution in [-0.4, -0.2) is 17.6 Å². The average Bonchev–Trinajstić information content (AvgIpc) is 2.65. The van der Waals surface area contributed by atoms with E-state index in [1.54, 1.807) is 30.3 Å². The number of carbonyl (C=O) groups is 1. The van der Waals surface area contributed by atoms with Crippen molar-refractivity contribution in [3.05, 3.63) is 56.5 Å². The molecule has 2 N–H and O–H groups in total. The van der Waals surface area contributed by atoms with E-state index < -0.39 is 0 Å². The second-order valence-corrected chi connectivity index (χ2v) is 8.19. The van der Waals surface area contributed by atoms with E-state index in [1.165, 1.54) is 6.42 Å². The number of amides is 1. The van der Waals surface area contributed by atoms with Gasteiger partial charge in [0.05, 0.1) is 27.9 Å². The van der Waals surface area contributed by atoms with E-state index in [0.29, 0.717) is 33.7 Å². The van der Waals surface area contributed by atoms with Gasteiger partial charge in [-0.15, -0.1) is 0 Å². The van der Waals surface area contributed by atoms with Gasteiger partial charge in [-0.3, -0.25) is 10.1 Å². The van der Waals surface area contributed by atoms with Gasteiger partial charge in [0.1, 0.15) is 5.75 Å². The molecule has 0 saturated carbocycles. The zero-order chi connectivity index (χ0) is 20.5. The topological polar surface area (TPSA) is 50.4 Å². The Labute approximate surface area is 189 Å². The third-order valence-electron chi connectivity index (χ3n) is 3.87. The van der Waals surface area contributed by atoms with Gasteiger partial charge >= 0.3 is 0 Å². The molecule has 0 radical (unpaired) electrons. The Hall–Kier alpha value is -1.34. The van der Waals surface area contributed by atoms with Crippen LogP contribution < -0.4 is 15.4 Å². The van der Waals surface area contributed by atoms with E-state index >= 15 is 0 Å². The summed E-state index contributed by atoms with van der Waals surface area (Å²) in [4.78, 5) is 12.7. The number of ether oxygens (including phenoxy) is 1. The van der Waals surface area contributed by atoms with Gasteiger partial charge in [0.15, 0.2) is 5.11 Å². The van der Waals surface area contributed by atoms with Crippen LogP contribution in [0.2, 0.25) is 10.0 Å². The largest absolute Gasteiger partial charge is 0.493 e. The summed E-state index contributed by atoms with van der Waals surface area (Å²) in [5, 5.41) is 6.41. The lowest BCUT2D eigenvalue weighted by Crippen LogP contribution is -2.34. The molecule has 8 heteroatoms. The number of para-hydroxylation sites is 1. The Morgan fingerprint density at radius 2 is 1.86 bits per heavy atom. The standard InChI is InChI=1S/C20H21BrCl2N2O2S/c1-2-3-4-5-11-27-17-10-9-13(21)12-14(17)19(26)25-20(28)24-18-15(22)7-6-8-16(18)23/h6-10,12H,2-5,11H2,1H3,(H2,24,25,26,28). The van der Waals surface area contributed by atoms with Gasteiger partial charge in [-0.05, 0) is 49.0 Å². The summed E-state index contributed by atoms with van der Waals surface area (Å²) in [6, 6.07) is 10.4. The average molecular weight is 504 g/mol. The Morgan fingerprint density at radius 3 is 2.54 bits per heavy atom. The first-order chi connectivity index (χ1) is 13.4. The zero-order valence-corrected chi connectivity index (χ0v) is 19.3. The van der Waals surface area contributed by atoms with Crippen LogP contribution >= 0.6 is 51.3 Å². The molecule has 0 saturated heterocycles. The van der Waals surface area contributed by atoms with Crippen molar-refractivity contribution in [3.63, 3.8) is 0 Å². The SMILES string of the molecule is CCCCCCOc1ccc(Br)cc1C(=O)NC(=S)Nc1c(Cl)cccc1Cl. The fourth-order valence-corrected chi connectivity index (χ4v) is 3.50. The second kappa shape index (κ2) is 11.6. The molecule has 0 unspecified atom stereocenters. The Kier molecular flexibility index (Phi) is 9.51. The lowest BCUT2D eigenvalue weighted by molar-refractivity contribution is 0.0973.